The van der Waals surface area contributed by atoms with Crippen LogP contribution in [0.4, 0.5) is 0 Å². The van der Waals surface area contributed by atoms with E-state index in [9.17, 15) is 0 Å². The van der Waals surface area contributed by atoms with E-state index in [2.05, 4.69) is 112 Å². The molecule has 0 amide bonds. The van der Waals surface area contributed by atoms with E-state index >= 15 is 0 Å². The summed E-state index contributed by atoms with van der Waals surface area (Å²) in [6.07, 6.45) is 0. The fourth-order valence-corrected chi connectivity index (χ4v) is 36.9. The summed E-state index contributed by atoms with van der Waals surface area (Å²) in [5.74, 6) is 14.9. The molecule has 1 aliphatic heterocycles. The summed E-state index contributed by atoms with van der Waals surface area (Å²) in [4.78, 5) is 1.87. The average Bonchev–Trinajstić information content (AvgIpc) is 1.54. The van der Waals surface area contributed by atoms with Crippen molar-refractivity contribution in [3.8, 4) is 11.1 Å². The van der Waals surface area contributed by atoms with E-state index < -0.39 is 0 Å². The monoisotopic (exact) mass is 1020 g/mol. The summed E-state index contributed by atoms with van der Waals surface area (Å²) in [6, 6.07) is 0. The molecule has 0 bridgehead atoms. The minimum atomic E-state index is -0.0388. The Hall–Kier alpha value is -5.37. The Morgan fingerprint density at radius 2 is 0.506 bits per heavy atom. The van der Waals surface area contributed by atoms with Crippen molar-refractivity contribution < 1.29 is 0 Å². The van der Waals surface area contributed by atoms with E-state index in [1.54, 1.807) is 11.1 Å². The number of hydrogen-bond acceptors (Lipinski definition) is 1. The first-order valence-corrected chi connectivity index (χ1v) is 33.7. The van der Waals surface area contributed by atoms with Crippen LogP contribution in [0.2, 0.25) is 0 Å². The highest BCUT2D eigenvalue weighted by Gasteiger charge is 2.90. The van der Waals surface area contributed by atoms with Gasteiger partial charge in [0.15, 0.2) is 0 Å². The maximum Gasteiger partial charge on any atom is 0.0645 e. The lowest BCUT2D eigenvalue weighted by atomic mass is 9.39. The summed E-state index contributed by atoms with van der Waals surface area (Å²) in [6.45, 7) is 21.3. The highest BCUT2D eigenvalue weighted by molar-refractivity contribution is 8.00. The Morgan fingerprint density at radius 3 is 0.899 bits per heavy atom. The predicted octanol–water partition coefficient (Wildman–Crippen LogP) is 19.0. The minimum Gasteiger partial charge on any atom is -0.112 e. The van der Waals surface area contributed by atoms with Gasteiger partial charge in [-0.25, -0.2) is 0 Å². The highest BCUT2D eigenvalue weighted by Crippen LogP contribution is 3.01. The zero-order chi connectivity index (χ0) is 49.0. The maximum absolute atomic E-state index is 2.71. The summed E-state index contributed by atoms with van der Waals surface area (Å²) in [5.41, 5.74) is 54.1. The van der Waals surface area contributed by atoms with Crippen LogP contribution in [-0.4, -0.2) is 0 Å². The van der Waals surface area contributed by atoms with Crippen molar-refractivity contribution in [3.63, 3.8) is 0 Å². The predicted molar refractivity (Wildman–Crippen MR) is 313 cm³/mol. The van der Waals surface area contributed by atoms with Gasteiger partial charge in [0.05, 0.1) is 4.75 Å². The molecule has 11 aromatic carbocycles. The molecule has 22 atom stereocenters. The Bertz CT molecular complexity index is 5830. The summed E-state index contributed by atoms with van der Waals surface area (Å²) in [5, 5.41) is 30.9. The quantitative estimate of drug-likeness (QED) is 0.158. The largest absolute Gasteiger partial charge is 0.112 e. The second-order valence-corrected chi connectivity index (χ2v) is 35.3. The smallest absolute Gasteiger partial charge is 0.0645 e. The third kappa shape index (κ3) is 2.07. The van der Waals surface area contributed by atoms with Crippen LogP contribution in [0.15, 0.2) is 4.90 Å². The molecule has 22 unspecified atom stereocenters. The van der Waals surface area contributed by atoms with Crippen molar-refractivity contribution in [3.05, 3.63) is 139 Å². The molecule has 2 spiro atoms. The Kier molecular flexibility index (Phi) is 3.67. The van der Waals surface area contributed by atoms with Crippen molar-refractivity contribution in [2.45, 2.75) is 201 Å². The van der Waals surface area contributed by atoms with E-state index in [-0.39, 0.29) is 10.2 Å². The number of hydrogen-bond donors (Lipinski definition) is 0. The molecule has 0 radical (unpaired) electrons. The van der Waals surface area contributed by atoms with E-state index in [1.807, 2.05) is 186 Å². The van der Waals surface area contributed by atoms with E-state index in [0.717, 1.165) is 0 Å². The van der Waals surface area contributed by atoms with Crippen molar-refractivity contribution in [2.75, 3.05) is 0 Å². The summed E-state index contributed by atoms with van der Waals surface area (Å²) >= 11 is 2.70. The molecule has 1 heteroatoms. The van der Waals surface area contributed by atoms with Crippen LogP contribution in [0.5, 0.6) is 0 Å². The van der Waals surface area contributed by atoms with E-state index in [1.165, 1.54) is 0 Å². The first-order chi connectivity index (χ1) is 38.7. The molecule has 1 heterocycles. The molecule has 79 heavy (non-hydrogen) atoms. The standard InChI is InChI=1S/C78H48S/c1-9(2)13-14(10(3)4)16(12(7)8)76-75(15(13)11(5)6)77-71-63-55-45-35-27-19-17-18-21-25-23(19)31-39-33(25)43-37-29(21)30-22(18)26-24-20(17)28(27)36-42-32(24)40-34(26)44-38(30)48-47(37)59-53(43)61-51(39)57(49(55)41(31)35)65(71)67(61)73-69(59)70-60(48)54(44)62-52(40)58-50(42)56(46(36)45)64(63)72(77)66(58)68(62)74(70)78(73,77)79-76/h9-12,19,21,23,25,27,29,35,37,45-48,56,60,64,66,68,70,72,74H,1-8H3. The molecule has 22 aliphatic carbocycles. The first kappa shape index (κ1) is 34.8. The molecule has 23 aliphatic rings. The number of thioether (sulfide) groups is 1. The van der Waals surface area contributed by atoms with Crippen LogP contribution in [0.1, 0.15) is 325 Å². The average molecular weight is 1020 g/mol. The van der Waals surface area contributed by atoms with Gasteiger partial charge in [-0.1, -0.05) is 55.4 Å². The van der Waals surface area contributed by atoms with Gasteiger partial charge in [0.1, 0.15) is 0 Å². The molecule has 366 valence electrons. The topological polar surface area (TPSA) is 0 Å². The van der Waals surface area contributed by atoms with Crippen LogP contribution in [0.3, 0.4) is 0 Å². The van der Waals surface area contributed by atoms with Crippen molar-refractivity contribution in [2.24, 2.45) is 11.8 Å². The zero-order valence-electron chi connectivity index (χ0n) is 45.3. The molecule has 0 aromatic heterocycles. The number of rotatable bonds is 4. The van der Waals surface area contributed by atoms with Gasteiger partial charge in [-0.15, -0.1) is 11.8 Å². The second kappa shape index (κ2) is 8.32. The fourth-order valence-electron chi connectivity index (χ4n) is 34.5. The van der Waals surface area contributed by atoms with Crippen LogP contribution in [0.25, 0.3) is 97.3 Å². The number of benzene rings is 10. The lowest BCUT2D eigenvalue weighted by Crippen LogP contribution is -2.62. The van der Waals surface area contributed by atoms with E-state index in [0.29, 0.717) is 142 Å². The number of fused-ring (bicyclic) bond motifs is 1. The van der Waals surface area contributed by atoms with Crippen molar-refractivity contribution in [1.82, 2.24) is 0 Å². The summed E-state index contributed by atoms with van der Waals surface area (Å²) in [7, 11) is 0. The van der Waals surface area contributed by atoms with Gasteiger partial charge in [0.2, 0.25) is 0 Å². The SMILES string of the molecule is CC(C)c1c2c(c(C(C)C)c(C(C)C)c1C(C)C)C13c4c5c6c7c8c9c%10c%11c%12c%13c%14c%15c(c%16c%13c%10c7c4-%16)C1(S2)C1C%15C2c4c7c%10c%13c%15c%16c%17c%18c%19c%20c%21c%22c%23c(c4c4c%22c%19c%16c%104)C2C%14C%12C%23C%21C%11C9C%20C%18C8C6C%17C%15C5C3C%13C71. The molecule has 1 saturated carbocycles. The van der Waals surface area contributed by atoms with Gasteiger partial charge in [-0.05, 0) is 378 Å². The van der Waals surface area contributed by atoms with Crippen LogP contribution in [0, 0.1) is 11.8 Å². The van der Waals surface area contributed by atoms with Gasteiger partial charge in [0, 0.05) is 10.3 Å². The molecular weight excluding hydrogens is 969 g/mol. The lowest BCUT2D eigenvalue weighted by Gasteiger charge is -2.65. The molecule has 34 rings (SSSR count). The molecule has 11 aromatic rings. The van der Waals surface area contributed by atoms with Crippen LogP contribution in [-0.2, 0) is 10.2 Å². The third-order valence-electron chi connectivity index (χ3n) is 33.1. The minimum absolute atomic E-state index is 0.0000115. The lowest BCUT2D eigenvalue weighted by molar-refractivity contribution is 0.0336. The van der Waals surface area contributed by atoms with Gasteiger partial charge >= 0.3 is 0 Å². The zero-order valence-corrected chi connectivity index (χ0v) is 46.1. The van der Waals surface area contributed by atoms with Crippen molar-refractivity contribution in [1.29, 1.82) is 0 Å². The normalized spacial score (nSPS) is 44.2. The van der Waals surface area contributed by atoms with Gasteiger partial charge in [-0.2, -0.15) is 0 Å². The first-order valence-electron chi connectivity index (χ1n) is 32.9. The molecule has 0 N–H and O–H groups in total. The highest BCUT2D eigenvalue weighted by atomic mass is 32.2. The molecule has 0 saturated heterocycles. The maximum atomic E-state index is 2.71. The molecular formula is C78H48S. The Labute approximate surface area is 457 Å². The van der Waals surface area contributed by atoms with Crippen molar-refractivity contribution >= 4 is 97.9 Å². The van der Waals surface area contributed by atoms with Gasteiger partial charge in [0.25, 0.3) is 0 Å². The molecule has 1 fully saturated rings. The Morgan fingerprint density at radius 1 is 0.241 bits per heavy atom. The fraction of sp³-hybridized carbons (Fsp3) is 0.436. The van der Waals surface area contributed by atoms with E-state index in [4.69, 9.17) is 0 Å². The van der Waals surface area contributed by atoms with Crippen LogP contribution >= 0.6 is 11.8 Å². The van der Waals surface area contributed by atoms with Crippen LogP contribution < -0.4 is 0 Å². The third-order valence-corrected chi connectivity index (χ3v) is 34.8. The Balaban J connectivity index is 0.973. The molecule has 0 nitrogen and oxygen atoms in total. The van der Waals surface area contributed by atoms with Gasteiger partial charge < -0.3 is 0 Å². The van der Waals surface area contributed by atoms with Gasteiger partial charge in [-0.3, -0.25) is 0 Å². The summed E-state index contributed by atoms with van der Waals surface area (Å²) < 4.78 is 0.0000115. The second-order valence-electron chi connectivity index (χ2n) is 34.1.